The molecule has 2 amide bonds. The minimum absolute atomic E-state index is 0.108. The van der Waals surface area contributed by atoms with E-state index in [1.807, 2.05) is 30.3 Å². The number of amides is 2. The van der Waals surface area contributed by atoms with Crippen LogP contribution in [0, 0.1) is 0 Å². The second kappa shape index (κ2) is 7.01. The van der Waals surface area contributed by atoms with Gasteiger partial charge in [0.2, 0.25) is 5.91 Å². The minimum Gasteiger partial charge on any atom is -0.453 e. The number of nitrogens with one attached hydrogen (secondary N) is 1. The van der Waals surface area contributed by atoms with Crippen LogP contribution in [0.25, 0.3) is 0 Å². The highest BCUT2D eigenvalue weighted by Crippen LogP contribution is 2.56. The summed E-state index contributed by atoms with van der Waals surface area (Å²) < 4.78 is 6.13. The number of benzene rings is 2. The zero-order valence-electron chi connectivity index (χ0n) is 14.1. The van der Waals surface area contributed by atoms with Crippen molar-refractivity contribution in [2.45, 2.75) is 22.6 Å². The number of thioether (sulfide) groups is 1. The number of nitrogens with zero attached hydrogens (tertiary/aromatic N) is 1. The van der Waals surface area contributed by atoms with Crippen LogP contribution in [-0.2, 0) is 19.1 Å². The van der Waals surface area contributed by atoms with Gasteiger partial charge >= 0.3 is 5.97 Å². The van der Waals surface area contributed by atoms with Crippen LogP contribution in [0.15, 0.2) is 57.9 Å². The van der Waals surface area contributed by atoms with Crippen LogP contribution in [0.1, 0.15) is 12.8 Å². The molecule has 2 aromatic rings. The molecule has 0 aliphatic carbocycles. The maximum atomic E-state index is 12.8. The summed E-state index contributed by atoms with van der Waals surface area (Å²) in [6, 6.07) is 14.5. The van der Waals surface area contributed by atoms with E-state index in [2.05, 4.69) is 21.2 Å². The highest BCUT2D eigenvalue weighted by Gasteiger charge is 2.58. The van der Waals surface area contributed by atoms with E-state index in [1.54, 1.807) is 18.2 Å². The normalized spacial score (nSPS) is 20.2. The van der Waals surface area contributed by atoms with E-state index in [1.165, 1.54) is 16.7 Å². The van der Waals surface area contributed by atoms with Crippen molar-refractivity contribution in [3.8, 4) is 0 Å². The summed E-state index contributed by atoms with van der Waals surface area (Å²) in [5.41, 5.74) is 1.32. The number of esters is 1. The second-order valence-electron chi connectivity index (χ2n) is 6.22. The van der Waals surface area contributed by atoms with Crippen LogP contribution < -0.4 is 10.2 Å². The van der Waals surface area contributed by atoms with Crippen LogP contribution in [0.5, 0.6) is 0 Å². The third-order valence-electron chi connectivity index (χ3n) is 4.43. The minimum atomic E-state index is -1.11. The predicted molar refractivity (Wildman–Crippen MR) is 105 cm³/mol. The van der Waals surface area contributed by atoms with Crippen molar-refractivity contribution in [2.75, 3.05) is 16.8 Å². The number of carbonyl (C=O) groups excluding carboxylic acids is 3. The third-order valence-corrected chi connectivity index (χ3v) is 6.38. The largest absolute Gasteiger partial charge is 0.453 e. The second-order valence-corrected chi connectivity index (χ2v) is 8.45. The van der Waals surface area contributed by atoms with Gasteiger partial charge in [-0.25, -0.2) is 4.79 Å². The van der Waals surface area contributed by atoms with Crippen LogP contribution >= 0.6 is 27.7 Å². The van der Waals surface area contributed by atoms with Gasteiger partial charge in [-0.3, -0.25) is 14.5 Å². The molecule has 0 radical (unpaired) electrons. The highest BCUT2D eigenvalue weighted by molar-refractivity contribution is 9.10. The Bertz CT molecular complexity index is 951. The Kier molecular flexibility index (Phi) is 4.69. The van der Waals surface area contributed by atoms with Gasteiger partial charge in [0.25, 0.3) is 5.91 Å². The molecule has 8 heteroatoms. The fraction of sp³-hybridized carbons (Fsp3) is 0.211. The van der Waals surface area contributed by atoms with E-state index in [9.17, 15) is 14.4 Å². The topological polar surface area (TPSA) is 75.7 Å². The first-order chi connectivity index (χ1) is 13.0. The number of rotatable bonds is 4. The molecule has 4 rings (SSSR count). The molecule has 1 fully saturated rings. The van der Waals surface area contributed by atoms with Gasteiger partial charge in [-0.2, -0.15) is 0 Å². The molecule has 0 aromatic heterocycles. The van der Waals surface area contributed by atoms with Crippen molar-refractivity contribution in [3.05, 3.63) is 53.0 Å². The van der Waals surface area contributed by atoms with Crippen molar-refractivity contribution in [1.82, 2.24) is 0 Å². The number of ether oxygens (including phenoxy) is 1. The van der Waals surface area contributed by atoms with Crippen molar-refractivity contribution in [1.29, 1.82) is 0 Å². The van der Waals surface area contributed by atoms with E-state index in [4.69, 9.17) is 4.74 Å². The molecule has 138 valence electrons. The van der Waals surface area contributed by atoms with Crippen LogP contribution in [0.3, 0.4) is 0 Å². The summed E-state index contributed by atoms with van der Waals surface area (Å²) in [4.78, 5) is 38.6. The lowest BCUT2D eigenvalue weighted by atomic mass is 10.2. The lowest BCUT2D eigenvalue weighted by molar-refractivity contribution is -0.149. The summed E-state index contributed by atoms with van der Waals surface area (Å²) in [6.45, 7) is -0.411. The van der Waals surface area contributed by atoms with Gasteiger partial charge in [-0.15, -0.1) is 0 Å². The Morgan fingerprint density at radius 1 is 1.22 bits per heavy atom. The lowest BCUT2D eigenvalue weighted by Crippen LogP contribution is -2.48. The number of para-hydroxylation sites is 1. The highest BCUT2D eigenvalue weighted by atomic mass is 79.9. The van der Waals surface area contributed by atoms with E-state index < -0.39 is 23.4 Å². The number of fused-ring (bicyclic) bond motifs is 3. The van der Waals surface area contributed by atoms with Crippen molar-refractivity contribution in [3.63, 3.8) is 0 Å². The number of halogens is 1. The van der Waals surface area contributed by atoms with Crippen LogP contribution in [0.4, 0.5) is 11.4 Å². The molecule has 1 atom stereocenters. The summed E-state index contributed by atoms with van der Waals surface area (Å²) >= 11 is 4.65. The van der Waals surface area contributed by atoms with E-state index >= 15 is 0 Å². The molecule has 27 heavy (non-hydrogen) atoms. The van der Waals surface area contributed by atoms with Crippen molar-refractivity contribution in [2.24, 2.45) is 0 Å². The molecular weight excluding hydrogens is 432 g/mol. The number of anilines is 2. The Morgan fingerprint density at radius 3 is 2.85 bits per heavy atom. The number of hydrogen-bond donors (Lipinski definition) is 1. The zero-order chi connectivity index (χ0) is 19.0. The molecule has 1 saturated heterocycles. The standard InChI is InChI=1S/C19H15BrN2O4S/c20-12-4-3-5-13(10-12)21-16(23)11-26-18(25)19-9-8-17(24)22(19)14-6-1-2-7-15(14)27-19/h1-7,10H,8-9,11H2,(H,21,23)/t19-/m1/s1. The molecule has 2 aliphatic rings. The first-order valence-corrected chi connectivity index (χ1v) is 9.94. The number of carbonyl (C=O) groups is 3. The Hall–Kier alpha value is -2.32. The van der Waals surface area contributed by atoms with Gasteiger partial charge in [0, 0.05) is 27.9 Å². The molecule has 1 N–H and O–H groups in total. The Morgan fingerprint density at radius 2 is 2.04 bits per heavy atom. The SMILES string of the molecule is O=C(COC(=O)[C@]12CCC(=O)N1c1ccccc1S2)Nc1cccc(Br)c1. The molecule has 2 heterocycles. The smallest absolute Gasteiger partial charge is 0.344 e. The molecule has 0 bridgehead atoms. The summed E-state index contributed by atoms with van der Waals surface area (Å²) in [7, 11) is 0. The molecule has 0 unspecified atom stereocenters. The van der Waals surface area contributed by atoms with E-state index in [0.29, 0.717) is 12.1 Å². The monoisotopic (exact) mass is 446 g/mol. The first-order valence-electron chi connectivity index (χ1n) is 8.33. The predicted octanol–water partition coefficient (Wildman–Crippen LogP) is 3.56. The van der Waals surface area contributed by atoms with E-state index in [0.717, 1.165) is 15.1 Å². The average molecular weight is 447 g/mol. The fourth-order valence-electron chi connectivity index (χ4n) is 3.28. The summed E-state index contributed by atoms with van der Waals surface area (Å²) in [5, 5.41) is 2.68. The maximum Gasteiger partial charge on any atom is 0.344 e. The van der Waals surface area contributed by atoms with Gasteiger partial charge in [-0.1, -0.05) is 45.9 Å². The molecule has 2 aromatic carbocycles. The Labute approximate surface area is 168 Å². The summed E-state index contributed by atoms with van der Waals surface area (Å²) in [6.07, 6.45) is 0.637. The number of hydrogen-bond acceptors (Lipinski definition) is 5. The van der Waals surface area contributed by atoms with Crippen molar-refractivity contribution >= 4 is 56.9 Å². The molecule has 2 aliphatic heterocycles. The lowest BCUT2D eigenvalue weighted by Gasteiger charge is -2.28. The molecule has 0 saturated carbocycles. The fourth-order valence-corrected chi connectivity index (χ4v) is 5.09. The molecule has 6 nitrogen and oxygen atoms in total. The van der Waals surface area contributed by atoms with Crippen molar-refractivity contribution < 1.29 is 19.1 Å². The summed E-state index contributed by atoms with van der Waals surface area (Å²) in [5.74, 6) is -1.11. The Balaban J connectivity index is 1.45. The van der Waals surface area contributed by atoms with Crippen LogP contribution in [-0.4, -0.2) is 29.3 Å². The zero-order valence-corrected chi connectivity index (χ0v) is 16.5. The van der Waals surface area contributed by atoms with Gasteiger partial charge < -0.3 is 10.1 Å². The quantitative estimate of drug-likeness (QED) is 0.726. The molecule has 0 spiro atoms. The van der Waals surface area contributed by atoms with Gasteiger partial charge in [0.05, 0.1) is 5.69 Å². The third kappa shape index (κ3) is 3.23. The van der Waals surface area contributed by atoms with Crippen LogP contribution in [0.2, 0.25) is 0 Å². The molecular formula is C19H15BrN2O4S. The maximum absolute atomic E-state index is 12.8. The van der Waals surface area contributed by atoms with Gasteiger partial charge in [0.1, 0.15) is 0 Å². The van der Waals surface area contributed by atoms with E-state index in [-0.39, 0.29) is 12.3 Å². The van der Waals surface area contributed by atoms with Gasteiger partial charge in [0.15, 0.2) is 11.5 Å². The first kappa shape index (κ1) is 18.1. The van der Waals surface area contributed by atoms with Gasteiger partial charge in [-0.05, 0) is 30.3 Å². The average Bonchev–Trinajstić information content (AvgIpc) is 3.15.